The number of nitrogens with zero attached hydrogens (tertiary/aromatic N) is 1. The summed E-state index contributed by atoms with van der Waals surface area (Å²) in [6.07, 6.45) is 4.60. The summed E-state index contributed by atoms with van der Waals surface area (Å²) in [6.45, 7) is 9.20. The summed E-state index contributed by atoms with van der Waals surface area (Å²) in [6, 6.07) is 4.92. The third-order valence-electron chi connectivity index (χ3n) is 3.59. The molecular formula is C14H27Cl2N3. The number of hydrogen-bond acceptors (Lipinski definition) is 2. The first-order valence-electron chi connectivity index (χ1n) is 6.85. The molecule has 1 aliphatic heterocycles. The first-order chi connectivity index (χ1) is 8.27. The van der Waals surface area contributed by atoms with Crippen LogP contribution in [0.25, 0.3) is 0 Å². The number of rotatable bonds is 5. The van der Waals surface area contributed by atoms with Gasteiger partial charge in [0.25, 0.3) is 0 Å². The van der Waals surface area contributed by atoms with Crippen molar-refractivity contribution in [2.24, 2.45) is 5.92 Å². The number of aromatic amines is 1. The number of piperazine rings is 1. The zero-order chi connectivity index (χ0) is 12.1. The molecule has 112 valence electrons. The minimum atomic E-state index is 0. The Bertz CT molecular complexity index is 309. The Hall–Kier alpha value is -0.220. The second kappa shape index (κ2) is 9.65. The van der Waals surface area contributed by atoms with E-state index in [1.165, 1.54) is 31.6 Å². The molecule has 1 aromatic rings. The number of nitrogens with one attached hydrogen (secondary N) is 2. The number of halogens is 2. The van der Waals surface area contributed by atoms with E-state index in [-0.39, 0.29) is 24.8 Å². The predicted molar refractivity (Wildman–Crippen MR) is 86.5 cm³/mol. The summed E-state index contributed by atoms with van der Waals surface area (Å²) in [5.74, 6) is 0.787. The van der Waals surface area contributed by atoms with Crippen LogP contribution in [0.3, 0.4) is 0 Å². The van der Waals surface area contributed by atoms with Gasteiger partial charge in [-0.3, -0.25) is 4.90 Å². The molecule has 0 aliphatic carbocycles. The van der Waals surface area contributed by atoms with Crippen LogP contribution in [0.4, 0.5) is 0 Å². The van der Waals surface area contributed by atoms with Crippen LogP contribution < -0.4 is 5.32 Å². The maximum atomic E-state index is 3.43. The van der Waals surface area contributed by atoms with E-state index in [1.807, 2.05) is 6.20 Å². The Morgan fingerprint density at radius 1 is 1.16 bits per heavy atom. The van der Waals surface area contributed by atoms with Crippen LogP contribution in [0, 0.1) is 5.92 Å². The highest BCUT2D eigenvalue weighted by molar-refractivity contribution is 5.85. The van der Waals surface area contributed by atoms with E-state index in [9.17, 15) is 0 Å². The van der Waals surface area contributed by atoms with E-state index in [4.69, 9.17) is 0 Å². The molecule has 3 nitrogen and oxygen atoms in total. The lowest BCUT2D eigenvalue weighted by Crippen LogP contribution is -2.45. The van der Waals surface area contributed by atoms with Gasteiger partial charge in [-0.15, -0.1) is 24.8 Å². The maximum Gasteiger partial charge on any atom is 0.0499 e. The summed E-state index contributed by atoms with van der Waals surface area (Å²) >= 11 is 0. The third kappa shape index (κ3) is 5.74. The number of H-pyrrole nitrogens is 1. The number of hydrogen-bond donors (Lipinski definition) is 2. The van der Waals surface area contributed by atoms with Crippen LogP contribution in [0.5, 0.6) is 0 Å². The van der Waals surface area contributed by atoms with Crippen LogP contribution in [0.2, 0.25) is 0 Å². The van der Waals surface area contributed by atoms with Crippen molar-refractivity contribution in [1.82, 2.24) is 15.2 Å². The van der Waals surface area contributed by atoms with Crippen molar-refractivity contribution in [3.63, 3.8) is 0 Å². The van der Waals surface area contributed by atoms with Gasteiger partial charge in [-0.25, -0.2) is 0 Å². The molecule has 0 bridgehead atoms. The topological polar surface area (TPSA) is 31.1 Å². The van der Waals surface area contributed by atoms with E-state index >= 15 is 0 Å². The molecule has 0 saturated carbocycles. The molecule has 1 fully saturated rings. The lowest BCUT2D eigenvalue weighted by molar-refractivity contribution is 0.157. The molecule has 0 spiro atoms. The zero-order valence-corrected chi connectivity index (χ0v) is 13.5. The smallest absolute Gasteiger partial charge is 0.0499 e. The minimum absolute atomic E-state index is 0. The molecule has 2 rings (SSSR count). The van der Waals surface area contributed by atoms with Crippen molar-refractivity contribution in [3.8, 4) is 0 Å². The average molecular weight is 308 g/mol. The van der Waals surface area contributed by atoms with Gasteiger partial charge in [-0.2, -0.15) is 0 Å². The van der Waals surface area contributed by atoms with E-state index in [2.05, 4.69) is 41.2 Å². The Labute approximate surface area is 129 Å². The second-order valence-corrected chi connectivity index (χ2v) is 5.40. The fourth-order valence-electron chi connectivity index (χ4n) is 2.57. The van der Waals surface area contributed by atoms with Gasteiger partial charge in [0, 0.05) is 44.1 Å². The molecule has 0 amide bonds. The Balaban J connectivity index is 0.00000162. The van der Waals surface area contributed by atoms with Crippen molar-refractivity contribution < 1.29 is 0 Å². The highest BCUT2D eigenvalue weighted by Crippen LogP contribution is 2.26. The summed E-state index contributed by atoms with van der Waals surface area (Å²) in [5, 5.41) is 3.43. The molecule has 19 heavy (non-hydrogen) atoms. The molecule has 1 aromatic heterocycles. The third-order valence-corrected chi connectivity index (χ3v) is 3.59. The van der Waals surface area contributed by atoms with Gasteiger partial charge in [-0.1, -0.05) is 13.8 Å². The van der Waals surface area contributed by atoms with E-state index < -0.39 is 0 Å². The van der Waals surface area contributed by atoms with Crippen LogP contribution in [0.15, 0.2) is 18.3 Å². The highest BCUT2D eigenvalue weighted by Gasteiger charge is 2.22. The van der Waals surface area contributed by atoms with Crippen LogP contribution in [0.1, 0.15) is 38.4 Å². The monoisotopic (exact) mass is 307 g/mol. The first-order valence-corrected chi connectivity index (χ1v) is 6.85. The summed E-state index contributed by atoms with van der Waals surface area (Å²) in [5.41, 5.74) is 1.38. The lowest BCUT2D eigenvalue weighted by Gasteiger charge is -2.35. The largest absolute Gasteiger partial charge is 0.364 e. The summed E-state index contributed by atoms with van der Waals surface area (Å²) in [7, 11) is 0. The fourth-order valence-corrected chi connectivity index (χ4v) is 2.57. The number of aromatic nitrogens is 1. The molecule has 0 aromatic carbocycles. The first kappa shape index (κ1) is 18.8. The fraction of sp³-hybridized carbons (Fsp3) is 0.714. The second-order valence-electron chi connectivity index (χ2n) is 5.40. The molecule has 0 unspecified atom stereocenters. The van der Waals surface area contributed by atoms with Gasteiger partial charge in [-0.05, 0) is 30.9 Å². The molecule has 1 saturated heterocycles. The Morgan fingerprint density at radius 2 is 1.84 bits per heavy atom. The molecule has 0 radical (unpaired) electrons. The van der Waals surface area contributed by atoms with Crippen molar-refractivity contribution >= 4 is 24.8 Å². The van der Waals surface area contributed by atoms with Gasteiger partial charge >= 0.3 is 0 Å². The van der Waals surface area contributed by atoms with Gasteiger partial charge in [0.15, 0.2) is 0 Å². The van der Waals surface area contributed by atoms with Gasteiger partial charge in [0.1, 0.15) is 0 Å². The molecular weight excluding hydrogens is 281 g/mol. The molecule has 1 aliphatic rings. The molecule has 5 heteroatoms. The SMILES string of the molecule is CC(C)CC[C@H](c1ccc[nH]1)N1CCNCC1.Cl.Cl. The minimum Gasteiger partial charge on any atom is -0.364 e. The van der Waals surface area contributed by atoms with E-state index in [1.54, 1.807) is 0 Å². The van der Waals surface area contributed by atoms with Crippen molar-refractivity contribution in [2.45, 2.75) is 32.7 Å². The van der Waals surface area contributed by atoms with E-state index in [0.717, 1.165) is 19.0 Å². The summed E-state index contributed by atoms with van der Waals surface area (Å²) < 4.78 is 0. The quantitative estimate of drug-likeness (QED) is 0.875. The van der Waals surface area contributed by atoms with Gasteiger partial charge in [0.05, 0.1) is 0 Å². The van der Waals surface area contributed by atoms with Gasteiger partial charge in [0.2, 0.25) is 0 Å². The van der Waals surface area contributed by atoms with Crippen molar-refractivity contribution in [1.29, 1.82) is 0 Å². The zero-order valence-electron chi connectivity index (χ0n) is 11.9. The van der Waals surface area contributed by atoms with Crippen LogP contribution >= 0.6 is 24.8 Å². The Kier molecular flexibility index (Phi) is 9.54. The normalized spacial score (nSPS) is 17.6. The molecule has 2 N–H and O–H groups in total. The van der Waals surface area contributed by atoms with Gasteiger partial charge < -0.3 is 10.3 Å². The van der Waals surface area contributed by atoms with Crippen molar-refractivity contribution in [3.05, 3.63) is 24.0 Å². The summed E-state index contributed by atoms with van der Waals surface area (Å²) in [4.78, 5) is 6.01. The van der Waals surface area contributed by atoms with Crippen LogP contribution in [-0.2, 0) is 0 Å². The molecule has 1 atom stereocenters. The predicted octanol–water partition coefficient (Wildman–Crippen LogP) is 3.24. The van der Waals surface area contributed by atoms with Crippen molar-refractivity contribution in [2.75, 3.05) is 26.2 Å². The van der Waals surface area contributed by atoms with Crippen LogP contribution in [-0.4, -0.2) is 36.1 Å². The lowest BCUT2D eigenvalue weighted by atomic mass is 9.99. The maximum absolute atomic E-state index is 3.43. The van der Waals surface area contributed by atoms with E-state index in [0.29, 0.717) is 6.04 Å². The standard InChI is InChI=1S/C14H25N3.2ClH/c1-12(2)5-6-14(13-4-3-7-16-13)17-10-8-15-9-11-17;;/h3-4,7,12,14-16H,5-6,8-11H2,1-2H3;2*1H/t14-;;/m1../s1. The Morgan fingerprint density at radius 3 is 2.37 bits per heavy atom. The highest BCUT2D eigenvalue weighted by atomic mass is 35.5. The molecule has 2 heterocycles. The average Bonchev–Trinajstić information content (AvgIpc) is 2.84.